The Labute approximate surface area is 209 Å². The van der Waals surface area contributed by atoms with Crippen molar-refractivity contribution >= 4 is 63.4 Å². The lowest BCUT2D eigenvalue weighted by Gasteiger charge is -2.19. The molecule has 0 heterocycles. The molecule has 0 spiro atoms. The van der Waals surface area contributed by atoms with Crippen molar-refractivity contribution < 1.29 is 20.1 Å². The second kappa shape index (κ2) is 9.69. The van der Waals surface area contributed by atoms with Crippen LogP contribution in [0.4, 0.5) is 17.1 Å². The number of halogens is 3. The molecule has 172 valence electrons. The molecular weight excluding hydrogens is 501 g/mol. The lowest BCUT2D eigenvalue weighted by atomic mass is 10.0. The van der Waals surface area contributed by atoms with Crippen molar-refractivity contribution in [3.8, 4) is 17.2 Å². The van der Waals surface area contributed by atoms with Gasteiger partial charge in [0.15, 0.2) is 0 Å². The van der Waals surface area contributed by atoms with Crippen LogP contribution in [-0.4, -0.2) is 26.8 Å². The molecule has 0 aliphatic heterocycles. The topological polar surface area (TPSA) is 114 Å². The average molecular weight is 517 g/mol. The van der Waals surface area contributed by atoms with E-state index in [4.69, 9.17) is 34.8 Å². The highest BCUT2D eigenvalue weighted by atomic mass is 35.5. The van der Waals surface area contributed by atoms with Crippen molar-refractivity contribution in [2.45, 2.75) is 0 Å². The molecule has 1 aliphatic rings. The summed E-state index contributed by atoms with van der Waals surface area (Å²) in [5, 5.41) is 35.5. The minimum absolute atomic E-state index is 0.00817. The van der Waals surface area contributed by atoms with Gasteiger partial charge in [-0.2, -0.15) is 0 Å². The number of phenols is 3. The van der Waals surface area contributed by atoms with E-state index < -0.39 is 0 Å². The van der Waals surface area contributed by atoms with Gasteiger partial charge in [-0.15, -0.1) is 0 Å². The maximum absolute atomic E-state index is 12.9. The molecule has 0 unspecified atom stereocenters. The summed E-state index contributed by atoms with van der Waals surface area (Å²) >= 11 is 18.6. The Hall–Kier alpha value is -3.65. The minimum Gasteiger partial charge on any atom is -0.508 e. The molecule has 10 heteroatoms. The number of hydrogen-bond donors (Lipinski definition) is 5. The normalized spacial score (nSPS) is 14.6. The van der Waals surface area contributed by atoms with Gasteiger partial charge in [-0.1, -0.05) is 34.8 Å². The molecule has 1 aliphatic carbocycles. The fourth-order valence-electron chi connectivity index (χ4n) is 3.08. The molecule has 0 radical (unpaired) electrons. The van der Waals surface area contributed by atoms with E-state index in [2.05, 4.69) is 15.6 Å². The largest absolute Gasteiger partial charge is 0.508 e. The van der Waals surface area contributed by atoms with Gasteiger partial charge in [0.05, 0.1) is 49.2 Å². The number of aliphatic imine (C=N–C) groups is 1. The smallest absolute Gasteiger partial charge is 0.204 e. The summed E-state index contributed by atoms with van der Waals surface area (Å²) in [5.74, 6) is -0.415. The van der Waals surface area contributed by atoms with E-state index in [-0.39, 0.29) is 43.8 Å². The van der Waals surface area contributed by atoms with Gasteiger partial charge in [0.2, 0.25) is 5.78 Å². The maximum atomic E-state index is 12.9. The van der Waals surface area contributed by atoms with E-state index in [9.17, 15) is 20.1 Å². The third-order valence-electron chi connectivity index (χ3n) is 4.71. The van der Waals surface area contributed by atoms with Crippen molar-refractivity contribution in [2.24, 2.45) is 4.99 Å². The molecule has 0 fully saturated rings. The molecule has 0 aromatic heterocycles. The van der Waals surface area contributed by atoms with Gasteiger partial charge in [0.1, 0.15) is 17.2 Å². The fraction of sp³-hybridized carbons (Fsp3) is 0. The van der Waals surface area contributed by atoms with Gasteiger partial charge in [-0.3, -0.25) is 4.79 Å². The van der Waals surface area contributed by atoms with Crippen LogP contribution in [0.2, 0.25) is 15.1 Å². The van der Waals surface area contributed by atoms with Gasteiger partial charge in [-0.05, 0) is 42.5 Å². The summed E-state index contributed by atoms with van der Waals surface area (Å²) in [6, 6.07) is 13.0. The summed E-state index contributed by atoms with van der Waals surface area (Å²) in [7, 11) is 0. The predicted molar refractivity (Wildman–Crippen MR) is 135 cm³/mol. The Morgan fingerprint density at radius 2 is 1.15 bits per heavy atom. The van der Waals surface area contributed by atoms with Crippen LogP contribution in [-0.2, 0) is 4.79 Å². The average Bonchev–Trinajstić information content (AvgIpc) is 2.76. The number of aromatic hydroxyl groups is 3. The zero-order chi connectivity index (χ0) is 24.4. The number of phenolic OH excluding ortho intramolecular Hbond substituents is 3. The lowest BCUT2D eigenvalue weighted by molar-refractivity contribution is -0.111. The van der Waals surface area contributed by atoms with E-state index in [1.165, 1.54) is 60.7 Å². The van der Waals surface area contributed by atoms with Crippen LogP contribution < -0.4 is 10.6 Å². The lowest BCUT2D eigenvalue weighted by Crippen LogP contribution is -2.22. The second-order valence-electron chi connectivity index (χ2n) is 7.19. The molecule has 3 aromatic carbocycles. The SMILES string of the molecule is O=C1C=C(Nc2ccc(O)cc2Cl)C(=Nc2ccc(O)cc2Cl)C=C1Nc1ccc(O)cc1Cl. The van der Waals surface area contributed by atoms with Gasteiger partial charge < -0.3 is 26.0 Å². The Balaban J connectivity index is 1.75. The van der Waals surface area contributed by atoms with Crippen molar-refractivity contribution in [1.82, 2.24) is 0 Å². The zero-order valence-electron chi connectivity index (χ0n) is 17.2. The Kier molecular flexibility index (Phi) is 6.70. The first-order valence-corrected chi connectivity index (χ1v) is 10.9. The van der Waals surface area contributed by atoms with E-state index in [1.54, 1.807) is 6.07 Å². The van der Waals surface area contributed by atoms with E-state index >= 15 is 0 Å². The van der Waals surface area contributed by atoms with Crippen LogP contribution in [0.3, 0.4) is 0 Å². The monoisotopic (exact) mass is 515 g/mol. The van der Waals surface area contributed by atoms with Gasteiger partial charge in [0, 0.05) is 24.3 Å². The number of anilines is 2. The number of allylic oxidation sites excluding steroid dienone is 2. The summed E-state index contributed by atoms with van der Waals surface area (Å²) in [6.07, 6.45) is 2.83. The molecule has 7 nitrogen and oxygen atoms in total. The molecule has 34 heavy (non-hydrogen) atoms. The number of nitrogens with one attached hydrogen (secondary N) is 2. The summed E-state index contributed by atoms with van der Waals surface area (Å²) in [4.78, 5) is 17.5. The van der Waals surface area contributed by atoms with Crippen molar-refractivity contribution in [3.05, 3.63) is 93.2 Å². The van der Waals surface area contributed by atoms with Crippen molar-refractivity contribution in [1.29, 1.82) is 0 Å². The molecule has 4 rings (SSSR count). The number of hydrogen-bond acceptors (Lipinski definition) is 7. The highest BCUT2D eigenvalue weighted by Crippen LogP contribution is 2.33. The fourth-order valence-corrected chi connectivity index (χ4v) is 3.74. The van der Waals surface area contributed by atoms with Crippen LogP contribution in [0.5, 0.6) is 17.2 Å². The van der Waals surface area contributed by atoms with Crippen LogP contribution in [0.25, 0.3) is 0 Å². The van der Waals surface area contributed by atoms with E-state index in [0.717, 1.165) is 0 Å². The minimum atomic E-state index is -0.378. The highest BCUT2D eigenvalue weighted by molar-refractivity contribution is 6.35. The number of carbonyl (C=O) groups is 1. The van der Waals surface area contributed by atoms with Crippen LogP contribution in [0, 0.1) is 0 Å². The summed E-state index contributed by atoms with van der Waals surface area (Å²) < 4.78 is 0. The number of ketones is 1. The van der Waals surface area contributed by atoms with Gasteiger partial charge >= 0.3 is 0 Å². The standard InChI is InChI=1S/C24H16Cl3N3O4/c25-15-7-12(31)1-4-18(15)28-21-10-23(30-20-6-3-14(33)9-17(20)27)24(34)11-22(21)29-19-5-2-13(32)8-16(19)26/h1-11,29-33H. The summed E-state index contributed by atoms with van der Waals surface area (Å²) in [5.41, 5.74) is 2.02. The quantitative estimate of drug-likeness (QED) is 0.198. The first-order chi connectivity index (χ1) is 16.2. The number of nitrogens with zero attached hydrogens (tertiary/aromatic N) is 1. The van der Waals surface area contributed by atoms with E-state index in [1.807, 2.05) is 0 Å². The first kappa shape index (κ1) is 23.5. The van der Waals surface area contributed by atoms with E-state index in [0.29, 0.717) is 28.5 Å². The molecule has 5 N–H and O–H groups in total. The highest BCUT2D eigenvalue weighted by Gasteiger charge is 2.21. The molecular formula is C24H16Cl3N3O4. The predicted octanol–water partition coefficient (Wildman–Crippen LogP) is 6.41. The number of carbonyl (C=O) groups excluding carboxylic acids is 1. The molecule has 3 aromatic rings. The van der Waals surface area contributed by atoms with Crippen LogP contribution >= 0.6 is 34.8 Å². The van der Waals surface area contributed by atoms with Gasteiger partial charge in [0.25, 0.3) is 0 Å². The molecule has 0 bridgehead atoms. The molecule has 0 amide bonds. The second-order valence-corrected chi connectivity index (χ2v) is 8.41. The third-order valence-corrected chi connectivity index (χ3v) is 5.64. The zero-order valence-corrected chi connectivity index (χ0v) is 19.4. The maximum Gasteiger partial charge on any atom is 0.204 e. The molecule has 0 atom stereocenters. The number of rotatable bonds is 5. The van der Waals surface area contributed by atoms with Gasteiger partial charge in [-0.25, -0.2) is 4.99 Å². The van der Waals surface area contributed by atoms with Crippen molar-refractivity contribution in [2.75, 3.05) is 10.6 Å². The van der Waals surface area contributed by atoms with Crippen LogP contribution in [0.1, 0.15) is 0 Å². The Bertz CT molecular complexity index is 1400. The Morgan fingerprint density at radius 3 is 1.68 bits per heavy atom. The van der Waals surface area contributed by atoms with Crippen molar-refractivity contribution in [3.63, 3.8) is 0 Å². The first-order valence-electron chi connectivity index (χ1n) is 9.76. The summed E-state index contributed by atoms with van der Waals surface area (Å²) in [6.45, 7) is 0. The molecule has 0 saturated heterocycles. The van der Waals surface area contributed by atoms with Crippen LogP contribution in [0.15, 0.2) is 83.1 Å². The molecule has 0 saturated carbocycles. The third kappa shape index (κ3) is 5.28. The Morgan fingerprint density at radius 1 is 0.647 bits per heavy atom. The number of benzene rings is 3.